The van der Waals surface area contributed by atoms with Gasteiger partial charge in [0.25, 0.3) is 0 Å². The summed E-state index contributed by atoms with van der Waals surface area (Å²) in [6.45, 7) is 6.53. The maximum atomic E-state index is 12.9. The van der Waals surface area contributed by atoms with Crippen molar-refractivity contribution >= 4 is 27.0 Å². The normalized spacial score (nSPS) is 23.7. The number of nitrogens with zero attached hydrogens (tertiary/aromatic N) is 3. The van der Waals surface area contributed by atoms with Crippen molar-refractivity contribution in [3.8, 4) is 0 Å². The number of fused-ring (bicyclic) bond motifs is 1. The molecule has 2 aliphatic rings. The van der Waals surface area contributed by atoms with Crippen LogP contribution in [0.25, 0.3) is 11.1 Å². The molecule has 0 bridgehead atoms. The molecule has 3 heterocycles. The minimum Gasteiger partial charge on any atom is -0.408 e. The van der Waals surface area contributed by atoms with Crippen LogP contribution in [0.5, 0.6) is 0 Å². The summed E-state index contributed by atoms with van der Waals surface area (Å²) in [6, 6.07) is 4.45. The van der Waals surface area contributed by atoms with E-state index in [1.807, 2.05) is 0 Å². The molecule has 8 nitrogen and oxygen atoms in total. The SMILES string of the molecule is C[C@@H]1C[C@@H](C)CN(C(=O)Cn2c(=O)oc3cc(S(=O)(=O)N4CCCCC4)ccc32)C1. The van der Waals surface area contributed by atoms with Crippen LogP contribution in [0.1, 0.15) is 39.5 Å². The highest BCUT2D eigenvalue weighted by Crippen LogP contribution is 2.25. The quantitative estimate of drug-likeness (QED) is 0.735. The predicted molar refractivity (Wildman–Crippen MR) is 113 cm³/mol. The zero-order valence-electron chi connectivity index (χ0n) is 17.5. The van der Waals surface area contributed by atoms with E-state index in [0.29, 0.717) is 43.5 Å². The molecular weight excluding hydrogens is 406 g/mol. The fourth-order valence-corrected chi connectivity index (χ4v) is 6.25. The van der Waals surface area contributed by atoms with Gasteiger partial charge in [-0.3, -0.25) is 9.36 Å². The van der Waals surface area contributed by atoms with Gasteiger partial charge >= 0.3 is 5.76 Å². The highest BCUT2D eigenvalue weighted by Gasteiger charge is 2.28. The zero-order valence-corrected chi connectivity index (χ0v) is 18.4. The van der Waals surface area contributed by atoms with Gasteiger partial charge in [0.15, 0.2) is 5.58 Å². The van der Waals surface area contributed by atoms with Gasteiger partial charge in [0.1, 0.15) is 6.54 Å². The first-order valence-corrected chi connectivity index (χ1v) is 12.1. The average molecular weight is 436 g/mol. The van der Waals surface area contributed by atoms with E-state index in [-0.39, 0.29) is 22.9 Å². The number of amides is 1. The Hall–Kier alpha value is -2.13. The minimum atomic E-state index is -3.62. The van der Waals surface area contributed by atoms with E-state index in [9.17, 15) is 18.0 Å². The van der Waals surface area contributed by atoms with E-state index in [2.05, 4.69) is 13.8 Å². The van der Waals surface area contributed by atoms with E-state index >= 15 is 0 Å². The van der Waals surface area contributed by atoms with Crippen molar-refractivity contribution in [2.24, 2.45) is 11.8 Å². The van der Waals surface area contributed by atoms with Crippen molar-refractivity contribution in [3.63, 3.8) is 0 Å². The van der Waals surface area contributed by atoms with Crippen molar-refractivity contribution in [1.29, 1.82) is 0 Å². The Labute approximate surface area is 176 Å². The molecule has 9 heteroatoms. The third-order valence-electron chi connectivity index (χ3n) is 6.11. The van der Waals surface area contributed by atoms with Gasteiger partial charge < -0.3 is 9.32 Å². The van der Waals surface area contributed by atoms with Gasteiger partial charge in [0.05, 0.1) is 10.4 Å². The third-order valence-corrected chi connectivity index (χ3v) is 8.00. The number of oxazole rings is 1. The monoisotopic (exact) mass is 435 g/mol. The van der Waals surface area contributed by atoms with Crippen molar-refractivity contribution < 1.29 is 17.6 Å². The summed E-state index contributed by atoms with van der Waals surface area (Å²) in [5, 5.41) is 0. The molecule has 0 saturated carbocycles. The van der Waals surface area contributed by atoms with E-state index in [0.717, 1.165) is 25.7 Å². The highest BCUT2D eigenvalue weighted by atomic mass is 32.2. The number of benzene rings is 1. The van der Waals surface area contributed by atoms with Crippen LogP contribution >= 0.6 is 0 Å². The topological polar surface area (TPSA) is 92.8 Å². The van der Waals surface area contributed by atoms with Gasteiger partial charge in [-0.15, -0.1) is 0 Å². The molecule has 0 radical (unpaired) electrons. The Morgan fingerprint density at radius 2 is 1.77 bits per heavy atom. The minimum absolute atomic E-state index is 0.108. The Kier molecular flexibility index (Phi) is 5.76. The number of hydrogen-bond donors (Lipinski definition) is 0. The van der Waals surface area contributed by atoms with Crippen molar-refractivity contribution in [3.05, 3.63) is 28.7 Å². The summed E-state index contributed by atoms with van der Waals surface area (Å²) in [6.07, 6.45) is 3.82. The highest BCUT2D eigenvalue weighted by molar-refractivity contribution is 7.89. The fraction of sp³-hybridized carbons (Fsp3) is 0.619. The first-order valence-electron chi connectivity index (χ1n) is 10.7. The molecule has 30 heavy (non-hydrogen) atoms. The van der Waals surface area contributed by atoms with E-state index < -0.39 is 15.8 Å². The Morgan fingerprint density at radius 3 is 2.43 bits per heavy atom. The largest absolute Gasteiger partial charge is 0.420 e. The van der Waals surface area contributed by atoms with Crippen LogP contribution in [0.3, 0.4) is 0 Å². The van der Waals surface area contributed by atoms with Crippen LogP contribution < -0.4 is 5.76 Å². The van der Waals surface area contributed by atoms with E-state index in [1.165, 1.54) is 21.0 Å². The van der Waals surface area contributed by atoms with Crippen LogP contribution in [-0.4, -0.2) is 54.3 Å². The van der Waals surface area contributed by atoms with Crippen LogP contribution in [-0.2, 0) is 21.4 Å². The van der Waals surface area contributed by atoms with Gasteiger partial charge in [-0.1, -0.05) is 20.3 Å². The molecule has 2 fully saturated rings. The van der Waals surface area contributed by atoms with Gasteiger partial charge in [-0.05, 0) is 43.2 Å². The molecule has 164 valence electrons. The first-order chi connectivity index (χ1) is 14.3. The van der Waals surface area contributed by atoms with Crippen molar-refractivity contribution in [2.75, 3.05) is 26.2 Å². The number of hydrogen-bond acceptors (Lipinski definition) is 5. The van der Waals surface area contributed by atoms with Gasteiger partial charge in [0.2, 0.25) is 15.9 Å². The molecule has 0 aliphatic carbocycles. The molecule has 1 aromatic carbocycles. The van der Waals surface area contributed by atoms with E-state index in [4.69, 9.17) is 4.42 Å². The molecule has 2 aromatic rings. The van der Waals surface area contributed by atoms with Gasteiger partial charge in [-0.2, -0.15) is 4.31 Å². The summed E-state index contributed by atoms with van der Waals surface area (Å²) >= 11 is 0. The average Bonchev–Trinajstić information content (AvgIpc) is 3.02. The maximum Gasteiger partial charge on any atom is 0.420 e. The van der Waals surface area contributed by atoms with Crippen LogP contribution in [0.2, 0.25) is 0 Å². The number of sulfonamides is 1. The molecule has 1 amide bonds. The number of carbonyl (C=O) groups is 1. The smallest absolute Gasteiger partial charge is 0.408 e. The van der Waals surface area contributed by atoms with Crippen LogP contribution in [0.15, 0.2) is 32.3 Å². The fourth-order valence-electron chi connectivity index (χ4n) is 4.71. The third kappa shape index (κ3) is 4.05. The Balaban J connectivity index is 1.59. The number of piperidine rings is 2. The lowest BCUT2D eigenvalue weighted by molar-refractivity contribution is -0.134. The molecular formula is C21H29N3O5S. The molecule has 4 rings (SSSR count). The second-order valence-corrected chi connectivity index (χ2v) is 10.7. The molecule has 0 unspecified atom stereocenters. The van der Waals surface area contributed by atoms with E-state index in [1.54, 1.807) is 11.0 Å². The summed E-state index contributed by atoms with van der Waals surface area (Å²) in [4.78, 5) is 27.1. The number of likely N-dealkylation sites (tertiary alicyclic amines) is 1. The molecule has 2 aliphatic heterocycles. The van der Waals surface area contributed by atoms with Crippen molar-refractivity contribution in [1.82, 2.24) is 13.8 Å². The summed E-state index contributed by atoms with van der Waals surface area (Å²) in [7, 11) is -3.62. The summed E-state index contributed by atoms with van der Waals surface area (Å²) in [5.74, 6) is 0.0864. The lowest BCUT2D eigenvalue weighted by Gasteiger charge is -2.35. The summed E-state index contributed by atoms with van der Waals surface area (Å²) < 4.78 is 33.9. The lowest BCUT2D eigenvalue weighted by atomic mass is 9.92. The second kappa shape index (κ2) is 8.19. The Bertz CT molecular complexity index is 1090. The lowest BCUT2D eigenvalue weighted by Crippen LogP contribution is -2.44. The number of aromatic nitrogens is 1. The van der Waals surface area contributed by atoms with Crippen LogP contribution in [0, 0.1) is 11.8 Å². The second-order valence-electron chi connectivity index (χ2n) is 8.79. The predicted octanol–water partition coefficient (Wildman–Crippen LogP) is 2.27. The number of rotatable bonds is 4. The maximum absolute atomic E-state index is 12.9. The zero-order chi connectivity index (χ0) is 21.5. The van der Waals surface area contributed by atoms with Gasteiger partial charge in [0, 0.05) is 32.2 Å². The van der Waals surface area contributed by atoms with Crippen molar-refractivity contribution in [2.45, 2.75) is 51.0 Å². The van der Waals surface area contributed by atoms with Crippen LogP contribution in [0.4, 0.5) is 0 Å². The Morgan fingerprint density at radius 1 is 1.10 bits per heavy atom. The first kappa shape index (κ1) is 21.1. The molecule has 1 aromatic heterocycles. The number of carbonyl (C=O) groups excluding carboxylic acids is 1. The summed E-state index contributed by atoms with van der Waals surface area (Å²) in [5.41, 5.74) is 0.621. The molecule has 2 atom stereocenters. The standard InChI is InChI=1S/C21H29N3O5S/c1-15-10-16(2)13-22(12-15)20(25)14-24-18-7-6-17(11-19(18)29-21(24)26)30(27,28)23-8-4-3-5-9-23/h6-7,11,15-16H,3-5,8-10,12-14H2,1-2H3/t15-,16-/m1/s1. The molecule has 0 spiro atoms. The molecule has 0 N–H and O–H groups in total. The molecule has 2 saturated heterocycles. The van der Waals surface area contributed by atoms with Gasteiger partial charge in [-0.25, -0.2) is 13.2 Å².